The number of piperazine rings is 1. The Morgan fingerprint density at radius 3 is 2.17 bits per heavy atom. The van der Waals surface area contributed by atoms with Crippen molar-refractivity contribution >= 4 is 30.6 Å². The maximum Gasteiger partial charge on any atom is 0.167 e. The van der Waals surface area contributed by atoms with Gasteiger partial charge in [0.1, 0.15) is 17.7 Å². The lowest BCUT2D eigenvalue weighted by Crippen LogP contribution is -2.53. The van der Waals surface area contributed by atoms with Gasteiger partial charge in [0.25, 0.3) is 0 Å². The first-order valence-electron chi connectivity index (χ1n) is 11.7. The molecule has 1 aliphatic heterocycles. The monoisotopic (exact) mass is 526 g/mol. The van der Waals surface area contributed by atoms with Crippen molar-refractivity contribution in [1.82, 2.24) is 9.80 Å². The fourth-order valence-corrected chi connectivity index (χ4v) is 4.17. The number of ether oxygens (including phenoxy) is 3. The van der Waals surface area contributed by atoms with Gasteiger partial charge >= 0.3 is 0 Å². The van der Waals surface area contributed by atoms with Crippen molar-refractivity contribution in [1.29, 1.82) is 0 Å². The summed E-state index contributed by atoms with van der Waals surface area (Å²) in [4.78, 5) is 17.6. The quantitative estimate of drug-likeness (QED) is 0.400. The molecule has 35 heavy (non-hydrogen) atoms. The Hall–Kier alpha value is -1.83. The summed E-state index contributed by atoms with van der Waals surface area (Å²) in [7, 11) is 3.18. The normalized spacial score (nSPS) is 15.5. The molecule has 3 rings (SSSR count). The number of hydrogen-bond acceptors (Lipinski definition) is 6. The van der Waals surface area contributed by atoms with Crippen LogP contribution in [0.15, 0.2) is 48.5 Å². The van der Waals surface area contributed by atoms with E-state index in [2.05, 4.69) is 54.8 Å². The lowest BCUT2D eigenvalue weighted by molar-refractivity contribution is -0.140. The van der Waals surface area contributed by atoms with Crippen molar-refractivity contribution in [2.75, 3.05) is 46.9 Å². The predicted molar refractivity (Wildman–Crippen MR) is 146 cm³/mol. The van der Waals surface area contributed by atoms with Crippen LogP contribution in [-0.4, -0.2) is 74.4 Å². The number of carbonyl (C=O) groups excluding carboxylic acids is 1. The number of rotatable bonds is 10. The molecule has 0 amide bonds. The van der Waals surface area contributed by atoms with Crippen molar-refractivity contribution in [3.8, 4) is 11.5 Å². The molecular weight excluding hydrogens is 487 g/mol. The van der Waals surface area contributed by atoms with E-state index in [1.165, 1.54) is 5.56 Å². The van der Waals surface area contributed by atoms with Crippen molar-refractivity contribution in [3.63, 3.8) is 0 Å². The molecule has 1 unspecified atom stereocenters. The second-order valence-electron chi connectivity index (χ2n) is 9.49. The average Bonchev–Trinajstić information content (AvgIpc) is 2.81. The minimum absolute atomic E-state index is 0. The topological polar surface area (TPSA) is 51.2 Å². The zero-order chi connectivity index (χ0) is 23.8. The SMILES string of the molecule is COc1ccc(C(=O)CCN2CCN(C(Cc3ccccc3)OC(C)(C)C)CC2)c(OC)c1.Cl.Cl. The molecule has 0 bridgehead atoms. The molecule has 1 atom stereocenters. The van der Waals surface area contributed by atoms with E-state index in [4.69, 9.17) is 14.2 Å². The summed E-state index contributed by atoms with van der Waals surface area (Å²) in [6.07, 6.45) is 1.38. The first-order valence-corrected chi connectivity index (χ1v) is 11.7. The van der Waals surface area contributed by atoms with Gasteiger partial charge in [-0.15, -0.1) is 24.8 Å². The van der Waals surface area contributed by atoms with Gasteiger partial charge in [-0.2, -0.15) is 0 Å². The molecule has 0 N–H and O–H groups in total. The number of ketones is 1. The molecule has 1 saturated heterocycles. The summed E-state index contributed by atoms with van der Waals surface area (Å²) >= 11 is 0. The number of carbonyl (C=O) groups is 1. The van der Waals surface area contributed by atoms with E-state index < -0.39 is 0 Å². The number of Topliss-reactive ketones (excluding diaryl/α,β-unsaturated/α-hetero) is 1. The van der Waals surface area contributed by atoms with E-state index in [1.54, 1.807) is 32.4 Å². The fraction of sp³-hybridized carbons (Fsp3) is 0.519. The highest BCUT2D eigenvalue weighted by Gasteiger charge is 2.28. The maximum absolute atomic E-state index is 12.8. The molecule has 1 fully saturated rings. The van der Waals surface area contributed by atoms with Crippen LogP contribution in [0.3, 0.4) is 0 Å². The van der Waals surface area contributed by atoms with Gasteiger partial charge in [-0.3, -0.25) is 9.69 Å². The summed E-state index contributed by atoms with van der Waals surface area (Å²) < 4.78 is 17.1. The predicted octanol–water partition coefficient (Wildman–Crippen LogP) is 5.12. The minimum atomic E-state index is -0.208. The Labute approximate surface area is 222 Å². The molecule has 196 valence electrons. The van der Waals surface area contributed by atoms with Crippen molar-refractivity contribution < 1.29 is 19.0 Å². The summed E-state index contributed by atoms with van der Waals surface area (Å²) in [5.74, 6) is 1.34. The van der Waals surface area contributed by atoms with E-state index in [9.17, 15) is 4.79 Å². The van der Waals surface area contributed by atoms with Gasteiger partial charge in [0, 0.05) is 51.6 Å². The lowest BCUT2D eigenvalue weighted by atomic mass is 10.1. The highest BCUT2D eigenvalue weighted by Crippen LogP contribution is 2.26. The van der Waals surface area contributed by atoms with Crippen LogP contribution in [0.5, 0.6) is 11.5 Å². The van der Waals surface area contributed by atoms with Gasteiger partial charge in [0.2, 0.25) is 0 Å². The summed E-state index contributed by atoms with van der Waals surface area (Å²) in [6.45, 7) is 10.8. The van der Waals surface area contributed by atoms with Crippen molar-refractivity contribution in [3.05, 3.63) is 59.7 Å². The molecule has 0 aromatic heterocycles. The zero-order valence-electron chi connectivity index (χ0n) is 21.5. The van der Waals surface area contributed by atoms with Crippen LogP contribution in [0, 0.1) is 0 Å². The van der Waals surface area contributed by atoms with E-state index in [0.29, 0.717) is 23.5 Å². The van der Waals surface area contributed by atoms with E-state index in [1.807, 2.05) is 6.07 Å². The maximum atomic E-state index is 12.8. The standard InChI is InChI=1S/C27H38N2O4.2ClH/c1-27(2,3)33-26(19-21-9-7-6-8-10-21)29-17-15-28(16-18-29)14-13-24(30)23-12-11-22(31-4)20-25(23)32-5;;/h6-12,20,26H,13-19H2,1-5H3;2*1H. The number of benzene rings is 2. The van der Waals surface area contributed by atoms with Gasteiger partial charge in [-0.25, -0.2) is 0 Å². The van der Waals surface area contributed by atoms with Gasteiger partial charge in [-0.1, -0.05) is 30.3 Å². The van der Waals surface area contributed by atoms with Crippen LogP contribution >= 0.6 is 24.8 Å². The Balaban J connectivity index is 0.00000306. The van der Waals surface area contributed by atoms with Crippen LogP contribution in [0.4, 0.5) is 0 Å². The molecule has 0 spiro atoms. The van der Waals surface area contributed by atoms with Gasteiger partial charge < -0.3 is 19.1 Å². The molecule has 1 aliphatic rings. The largest absolute Gasteiger partial charge is 0.497 e. The Morgan fingerprint density at radius 2 is 1.60 bits per heavy atom. The lowest BCUT2D eigenvalue weighted by Gasteiger charge is -2.41. The third kappa shape index (κ3) is 9.62. The molecule has 1 heterocycles. The summed E-state index contributed by atoms with van der Waals surface area (Å²) in [5, 5.41) is 0. The van der Waals surface area contributed by atoms with Crippen molar-refractivity contribution in [2.45, 2.75) is 45.4 Å². The molecule has 8 heteroatoms. The number of halogens is 2. The third-order valence-electron chi connectivity index (χ3n) is 5.92. The van der Waals surface area contributed by atoms with Gasteiger partial charge in [0.05, 0.1) is 25.4 Å². The number of nitrogens with zero attached hydrogens (tertiary/aromatic N) is 2. The van der Waals surface area contributed by atoms with Crippen LogP contribution in [0.25, 0.3) is 0 Å². The highest BCUT2D eigenvalue weighted by molar-refractivity contribution is 5.99. The molecular formula is C27H40Cl2N2O4. The molecule has 0 saturated carbocycles. The second-order valence-corrected chi connectivity index (χ2v) is 9.49. The first kappa shape index (κ1) is 31.2. The molecule has 2 aromatic rings. The average molecular weight is 528 g/mol. The minimum Gasteiger partial charge on any atom is -0.497 e. The molecule has 6 nitrogen and oxygen atoms in total. The molecule has 0 aliphatic carbocycles. The van der Waals surface area contributed by atoms with E-state index in [0.717, 1.165) is 39.1 Å². The summed E-state index contributed by atoms with van der Waals surface area (Å²) in [5.41, 5.74) is 1.69. The zero-order valence-corrected chi connectivity index (χ0v) is 23.1. The van der Waals surface area contributed by atoms with E-state index in [-0.39, 0.29) is 42.4 Å². The first-order chi connectivity index (χ1) is 15.8. The van der Waals surface area contributed by atoms with Gasteiger partial charge in [0.15, 0.2) is 5.78 Å². The van der Waals surface area contributed by atoms with Gasteiger partial charge in [-0.05, 0) is 38.5 Å². The Morgan fingerprint density at radius 1 is 0.943 bits per heavy atom. The van der Waals surface area contributed by atoms with Crippen LogP contribution in [0.1, 0.15) is 43.1 Å². The number of hydrogen-bond donors (Lipinski definition) is 0. The smallest absolute Gasteiger partial charge is 0.167 e. The van der Waals surface area contributed by atoms with E-state index >= 15 is 0 Å². The fourth-order valence-electron chi connectivity index (χ4n) is 4.17. The number of methoxy groups -OCH3 is 2. The van der Waals surface area contributed by atoms with Crippen LogP contribution in [0.2, 0.25) is 0 Å². The second kappa shape index (κ2) is 14.7. The van der Waals surface area contributed by atoms with Crippen molar-refractivity contribution in [2.24, 2.45) is 0 Å². The summed E-state index contributed by atoms with van der Waals surface area (Å²) in [6, 6.07) is 15.9. The highest BCUT2D eigenvalue weighted by atomic mass is 35.5. The third-order valence-corrected chi connectivity index (χ3v) is 5.92. The molecule has 2 aromatic carbocycles. The van der Waals surface area contributed by atoms with Crippen LogP contribution < -0.4 is 9.47 Å². The molecule has 0 radical (unpaired) electrons. The van der Waals surface area contributed by atoms with Crippen LogP contribution in [-0.2, 0) is 11.2 Å². The Bertz CT molecular complexity index is 898. The Kier molecular flexibility index (Phi) is 13.1.